The molecule has 0 unspecified atom stereocenters. The Hall–Kier alpha value is -6.89. The number of nitrogens with zero attached hydrogens (tertiary/aromatic N) is 5. The van der Waals surface area contributed by atoms with Gasteiger partial charge < -0.3 is 15.8 Å². The van der Waals surface area contributed by atoms with Crippen molar-refractivity contribution in [3.8, 4) is 47.6 Å². The van der Waals surface area contributed by atoms with Gasteiger partial charge in [-0.25, -0.2) is 9.97 Å². The number of terminal acetylenes is 1. The molecule has 9 nitrogen and oxygen atoms in total. The Kier molecular flexibility index (Phi) is 10.8. The number of carbonyl (C=O) groups is 1. The summed E-state index contributed by atoms with van der Waals surface area (Å²) in [5.74, 6) is 2.16. The smallest absolute Gasteiger partial charge is 0.417 e. The predicted octanol–water partition coefficient (Wildman–Crippen LogP) is 7.59. The fourth-order valence-electron chi connectivity index (χ4n) is 4.56. The molecule has 0 fully saturated rings. The zero-order valence-electron chi connectivity index (χ0n) is 26.1. The summed E-state index contributed by atoms with van der Waals surface area (Å²) < 4.78 is 45.6. The van der Waals surface area contributed by atoms with Crippen LogP contribution in [-0.4, -0.2) is 22.5 Å². The van der Waals surface area contributed by atoms with E-state index >= 15 is 0 Å². The number of anilines is 2. The summed E-state index contributed by atoms with van der Waals surface area (Å²) in [5.41, 5.74) is 7.44. The van der Waals surface area contributed by atoms with E-state index in [0.717, 1.165) is 11.6 Å². The molecule has 0 radical (unpaired) electrons. The van der Waals surface area contributed by atoms with Crippen molar-refractivity contribution in [2.45, 2.75) is 25.9 Å². The molecule has 3 N–H and O–H groups in total. The summed E-state index contributed by atoms with van der Waals surface area (Å²) in [6.07, 6.45) is 0.528. The highest BCUT2D eigenvalue weighted by Crippen LogP contribution is 2.34. The quantitative estimate of drug-likeness (QED) is 0.139. The summed E-state index contributed by atoms with van der Waals surface area (Å²) in [5, 5.41) is 29.0. The van der Waals surface area contributed by atoms with E-state index < -0.39 is 23.2 Å². The topological polar surface area (TPSA) is 162 Å². The van der Waals surface area contributed by atoms with Crippen molar-refractivity contribution >= 4 is 28.2 Å². The molecule has 12 heteroatoms. The van der Waals surface area contributed by atoms with Crippen LogP contribution in [0.2, 0.25) is 0 Å². The number of hydrogen-bond acceptors (Lipinski definition) is 8. The fraction of sp³-hybridized carbons (Fsp3) is 0.135. The van der Waals surface area contributed by atoms with Gasteiger partial charge in [-0.15, -0.1) is 6.42 Å². The van der Waals surface area contributed by atoms with Gasteiger partial charge in [0.25, 0.3) is 5.91 Å². The minimum absolute atomic E-state index is 0.0653. The van der Waals surface area contributed by atoms with Crippen LogP contribution in [0.4, 0.5) is 24.5 Å². The molecule has 0 saturated heterocycles. The Labute approximate surface area is 280 Å². The molecule has 1 aromatic heterocycles. The zero-order chi connectivity index (χ0) is 35.7. The average Bonchev–Trinajstić information content (AvgIpc) is 3.10. The van der Waals surface area contributed by atoms with Crippen LogP contribution < -0.4 is 15.8 Å². The van der Waals surface area contributed by atoms with Gasteiger partial charge in [0, 0.05) is 22.3 Å². The summed E-state index contributed by atoms with van der Waals surface area (Å²) in [7, 11) is 0. The first-order valence-corrected chi connectivity index (χ1v) is 14.5. The molecule has 0 bridgehead atoms. The highest BCUT2D eigenvalue weighted by molar-refractivity contribution is 6.04. The molecule has 0 aliphatic heterocycles. The third-order valence-corrected chi connectivity index (χ3v) is 7.03. The Morgan fingerprint density at radius 2 is 1.57 bits per heavy atom. The second kappa shape index (κ2) is 15.1. The van der Waals surface area contributed by atoms with Crippen molar-refractivity contribution in [1.82, 2.24) is 9.97 Å². The number of alkyl halides is 3. The number of nitriles is 3. The van der Waals surface area contributed by atoms with Crippen molar-refractivity contribution < 1.29 is 22.7 Å². The minimum Gasteiger partial charge on any atom is -0.481 e. The molecular weight excluding hydrogens is 631 g/mol. The van der Waals surface area contributed by atoms with Gasteiger partial charge in [-0.2, -0.15) is 29.0 Å². The van der Waals surface area contributed by atoms with E-state index in [0.29, 0.717) is 56.7 Å². The number of halogens is 3. The molecule has 49 heavy (non-hydrogen) atoms. The third-order valence-electron chi connectivity index (χ3n) is 7.03. The van der Waals surface area contributed by atoms with Crippen LogP contribution in [-0.2, 0) is 6.18 Å². The normalized spacial score (nSPS) is 10.5. The van der Waals surface area contributed by atoms with Gasteiger partial charge in [0.05, 0.1) is 39.5 Å². The number of nitrogens with two attached hydrogens (primary N) is 1. The van der Waals surface area contributed by atoms with Crippen LogP contribution in [0.3, 0.4) is 0 Å². The molecule has 4 aromatic carbocycles. The largest absolute Gasteiger partial charge is 0.481 e. The number of amides is 1. The van der Waals surface area contributed by atoms with E-state index in [1.807, 2.05) is 36.4 Å². The second-order valence-electron chi connectivity index (χ2n) is 10.7. The summed E-state index contributed by atoms with van der Waals surface area (Å²) >= 11 is 0. The maximum atomic E-state index is 13.4. The number of carbonyl (C=O) groups excluding carboxylic acids is 1. The Balaban J connectivity index is 0.000000418. The third kappa shape index (κ3) is 8.48. The number of ether oxygens (including phenoxy) is 1. The lowest BCUT2D eigenvalue weighted by Gasteiger charge is -2.13. The van der Waals surface area contributed by atoms with Crippen LogP contribution in [0, 0.1) is 46.3 Å². The van der Waals surface area contributed by atoms with Crippen LogP contribution in [0.5, 0.6) is 5.75 Å². The van der Waals surface area contributed by atoms with E-state index in [1.54, 1.807) is 24.3 Å². The molecule has 1 amide bonds. The number of benzene rings is 4. The average molecular weight is 658 g/mol. The molecule has 0 aliphatic rings. The number of hydrogen-bond donors (Lipinski definition) is 2. The Morgan fingerprint density at radius 3 is 2.18 bits per heavy atom. The van der Waals surface area contributed by atoms with Gasteiger partial charge >= 0.3 is 6.18 Å². The fourth-order valence-corrected chi connectivity index (χ4v) is 4.56. The molecule has 0 spiro atoms. The molecular formula is C37H26F3N7O2. The van der Waals surface area contributed by atoms with Crippen LogP contribution in [0.1, 0.15) is 58.2 Å². The van der Waals surface area contributed by atoms with Gasteiger partial charge in [-0.1, -0.05) is 44.0 Å². The highest BCUT2D eigenvalue weighted by atomic mass is 19.4. The molecule has 0 saturated carbocycles. The summed E-state index contributed by atoms with van der Waals surface area (Å²) in [4.78, 5) is 21.9. The standard InChI is InChI=1S/C29H21F3N4O2.C8H5N3/c1-4-13-38-22-11-12-25-23(15-22)26(19-7-5-18(6-8-19)17(2)3)36-27(35-25)28(37)34-21-10-9-20(16-33)24(14-21)29(30,31)32;9-4-6-1-2-8(11)3-7(6)5-10/h1,5-12,14-15,17H,13H2,2-3H3,(H,34,37);1-3H,11H2. The van der Waals surface area contributed by atoms with E-state index in [2.05, 4.69) is 35.1 Å². The zero-order valence-corrected chi connectivity index (χ0v) is 26.1. The predicted molar refractivity (Wildman–Crippen MR) is 178 cm³/mol. The van der Waals surface area contributed by atoms with Gasteiger partial charge in [-0.05, 0) is 66.1 Å². The van der Waals surface area contributed by atoms with Crippen LogP contribution >= 0.6 is 0 Å². The first-order valence-electron chi connectivity index (χ1n) is 14.5. The molecule has 242 valence electrons. The monoisotopic (exact) mass is 657 g/mol. The summed E-state index contributed by atoms with van der Waals surface area (Å²) in [6, 6.07) is 25.5. The van der Waals surface area contributed by atoms with Crippen LogP contribution in [0.25, 0.3) is 22.2 Å². The van der Waals surface area contributed by atoms with Gasteiger partial charge in [0.15, 0.2) is 0 Å². The van der Waals surface area contributed by atoms with Crippen molar-refractivity contribution in [1.29, 1.82) is 15.8 Å². The molecule has 0 aliphatic carbocycles. The minimum atomic E-state index is -4.76. The van der Waals surface area contributed by atoms with Crippen molar-refractivity contribution in [2.75, 3.05) is 17.7 Å². The second-order valence-corrected chi connectivity index (χ2v) is 10.7. The van der Waals surface area contributed by atoms with Crippen molar-refractivity contribution in [3.05, 3.63) is 113 Å². The number of rotatable bonds is 6. The maximum Gasteiger partial charge on any atom is 0.417 e. The molecule has 5 aromatic rings. The Bertz CT molecular complexity index is 2200. The SMILES string of the molecule is C#CCOc1ccc2nc(C(=O)Nc3ccc(C#N)c(C(F)(F)F)c3)nc(-c3ccc(C(C)C)cc3)c2c1.N#Cc1ccc(N)cc1C#N. The lowest BCUT2D eigenvalue weighted by Crippen LogP contribution is -2.17. The first-order chi connectivity index (χ1) is 23.4. The lowest BCUT2D eigenvalue weighted by atomic mass is 9.99. The molecule has 1 heterocycles. The molecule has 0 atom stereocenters. The van der Waals surface area contributed by atoms with Crippen LogP contribution in [0.15, 0.2) is 78.9 Å². The van der Waals surface area contributed by atoms with E-state index in [-0.39, 0.29) is 18.1 Å². The first kappa shape index (κ1) is 35.0. The number of fused-ring (bicyclic) bond motifs is 1. The Morgan fingerprint density at radius 1 is 0.898 bits per heavy atom. The van der Waals surface area contributed by atoms with Crippen molar-refractivity contribution in [3.63, 3.8) is 0 Å². The van der Waals surface area contributed by atoms with E-state index in [9.17, 15) is 18.0 Å². The van der Waals surface area contributed by atoms with E-state index in [1.165, 1.54) is 24.3 Å². The van der Waals surface area contributed by atoms with E-state index in [4.69, 9.17) is 32.7 Å². The lowest BCUT2D eigenvalue weighted by molar-refractivity contribution is -0.137. The summed E-state index contributed by atoms with van der Waals surface area (Å²) in [6.45, 7) is 4.20. The number of aromatic nitrogens is 2. The van der Waals surface area contributed by atoms with Gasteiger partial charge in [0.2, 0.25) is 5.82 Å². The molecule has 5 rings (SSSR count). The van der Waals surface area contributed by atoms with Gasteiger partial charge in [-0.3, -0.25) is 4.79 Å². The van der Waals surface area contributed by atoms with Gasteiger partial charge in [0.1, 0.15) is 24.5 Å². The maximum absolute atomic E-state index is 13.4. The van der Waals surface area contributed by atoms with Crippen molar-refractivity contribution in [2.24, 2.45) is 0 Å². The number of nitrogen functional groups attached to an aromatic ring is 1. The number of nitrogens with one attached hydrogen (secondary N) is 1. The highest BCUT2D eigenvalue weighted by Gasteiger charge is 2.34.